The lowest BCUT2D eigenvalue weighted by molar-refractivity contribution is 0.112. The van der Waals surface area contributed by atoms with Crippen LogP contribution in [0.15, 0.2) is 4.21 Å². The van der Waals surface area contributed by atoms with E-state index in [1.54, 1.807) is 6.92 Å². The molecule has 14 heavy (non-hydrogen) atoms. The molecule has 1 atom stereocenters. The van der Waals surface area contributed by atoms with Crippen LogP contribution in [-0.2, 0) is 10.8 Å². The second-order valence-electron chi connectivity index (χ2n) is 2.41. The molecule has 0 spiro atoms. The number of nitriles is 1. The molecule has 1 heterocycles. The minimum Gasteiger partial charge on any atom is -0.396 e. The number of carbonyl (C=O) groups is 1. The van der Waals surface area contributed by atoms with Crippen molar-refractivity contribution in [1.82, 2.24) is 0 Å². The zero-order valence-corrected chi connectivity index (χ0v) is 9.08. The van der Waals surface area contributed by atoms with Gasteiger partial charge in [0, 0.05) is 5.75 Å². The van der Waals surface area contributed by atoms with E-state index in [1.165, 1.54) is 0 Å². The molecule has 0 radical (unpaired) electrons. The average Bonchev–Trinajstić information content (AvgIpc) is 2.53. The molecule has 0 aromatic carbocycles. The van der Waals surface area contributed by atoms with Gasteiger partial charge in [-0.1, -0.05) is 6.92 Å². The Labute approximate surface area is 87.8 Å². The largest absolute Gasteiger partial charge is 0.396 e. The maximum atomic E-state index is 11.5. The summed E-state index contributed by atoms with van der Waals surface area (Å²) in [6.07, 6.45) is 0.581. The van der Waals surface area contributed by atoms with E-state index in [0.29, 0.717) is 16.2 Å². The zero-order valence-electron chi connectivity index (χ0n) is 7.44. The van der Waals surface area contributed by atoms with Crippen LogP contribution in [0.3, 0.4) is 0 Å². The molecule has 0 bridgehead atoms. The number of rotatable bonds is 3. The average molecular weight is 228 g/mol. The van der Waals surface area contributed by atoms with E-state index in [0.717, 1.165) is 11.3 Å². The van der Waals surface area contributed by atoms with Crippen molar-refractivity contribution in [2.75, 3.05) is 11.5 Å². The molecule has 0 aliphatic carbocycles. The maximum Gasteiger partial charge on any atom is 0.162 e. The fourth-order valence-electron chi connectivity index (χ4n) is 0.924. The van der Waals surface area contributed by atoms with Crippen LogP contribution in [0.2, 0.25) is 0 Å². The molecule has 0 saturated carbocycles. The van der Waals surface area contributed by atoms with Gasteiger partial charge >= 0.3 is 0 Å². The molecule has 0 amide bonds. The third-order valence-corrected chi connectivity index (χ3v) is 4.50. The summed E-state index contributed by atoms with van der Waals surface area (Å²) in [6, 6.07) is 1.87. The summed E-state index contributed by atoms with van der Waals surface area (Å²) in [7, 11) is -1.24. The molecule has 1 aromatic heterocycles. The molecule has 0 saturated heterocycles. The number of hydrogen-bond donors (Lipinski definition) is 1. The first-order chi connectivity index (χ1) is 6.65. The number of carbonyl (C=O) groups excluding carboxylic acids is 1. The molecule has 4 nitrogen and oxygen atoms in total. The van der Waals surface area contributed by atoms with Gasteiger partial charge in [-0.05, 0) is 0 Å². The van der Waals surface area contributed by atoms with Crippen molar-refractivity contribution < 1.29 is 9.00 Å². The van der Waals surface area contributed by atoms with Gasteiger partial charge in [-0.3, -0.25) is 9.00 Å². The van der Waals surface area contributed by atoms with E-state index in [4.69, 9.17) is 11.0 Å². The third-order valence-electron chi connectivity index (χ3n) is 1.63. The molecule has 1 rings (SSSR count). The second-order valence-corrected chi connectivity index (χ2v) is 5.39. The van der Waals surface area contributed by atoms with Crippen LogP contribution in [0.5, 0.6) is 0 Å². The van der Waals surface area contributed by atoms with Crippen LogP contribution in [-0.4, -0.2) is 16.2 Å². The van der Waals surface area contributed by atoms with E-state index < -0.39 is 10.8 Å². The highest BCUT2D eigenvalue weighted by atomic mass is 32.2. The Morgan fingerprint density at radius 2 is 2.36 bits per heavy atom. The fourth-order valence-corrected chi connectivity index (χ4v) is 3.28. The van der Waals surface area contributed by atoms with Crippen molar-refractivity contribution in [3.05, 3.63) is 10.4 Å². The number of anilines is 1. The van der Waals surface area contributed by atoms with Gasteiger partial charge in [0.05, 0.1) is 21.4 Å². The highest BCUT2D eigenvalue weighted by molar-refractivity contribution is 7.87. The van der Waals surface area contributed by atoms with Crippen LogP contribution in [0.25, 0.3) is 0 Å². The highest BCUT2D eigenvalue weighted by Gasteiger charge is 2.18. The molecule has 0 aliphatic heterocycles. The van der Waals surface area contributed by atoms with E-state index in [1.807, 2.05) is 6.07 Å². The summed E-state index contributed by atoms with van der Waals surface area (Å²) in [5.41, 5.74) is 5.86. The van der Waals surface area contributed by atoms with Crippen molar-refractivity contribution in [2.45, 2.75) is 11.1 Å². The predicted molar refractivity (Wildman–Crippen MR) is 55.8 cm³/mol. The van der Waals surface area contributed by atoms with Gasteiger partial charge in [-0.2, -0.15) is 5.26 Å². The van der Waals surface area contributed by atoms with Crippen LogP contribution >= 0.6 is 11.3 Å². The van der Waals surface area contributed by atoms with Gasteiger partial charge in [0.25, 0.3) is 0 Å². The summed E-state index contributed by atoms with van der Waals surface area (Å²) in [5.74, 6) is 0.410. The zero-order chi connectivity index (χ0) is 10.7. The summed E-state index contributed by atoms with van der Waals surface area (Å²) < 4.78 is 11.9. The summed E-state index contributed by atoms with van der Waals surface area (Å²) in [6.45, 7) is 1.74. The first-order valence-corrected chi connectivity index (χ1v) is 5.95. The number of nitrogens with zero attached hydrogens (tertiary/aromatic N) is 1. The van der Waals surface area contributed by atoms with Gasteiger partial charge < -0.3 is 5.73 Å². The van der Waals surface area contributed by atoms with Crippen molar-refractivity contribution in [1.29, 1.82) is 5.26 Å². The Morgan fingerprint density at radius 3 is 2.79 bits per heavy atom. The lowest BCUT2D eigenvalue weighted by Crippen LogP contribution is -1.95. The fraction of sp³-hybridized carbons (Fsp3) is 0.250. The topological polar surface area (TPSA) is 83.9 Å². The molecule has 1 aromatic rings. The van der Waals surface area contributed by atoms with E-state index in [2.05, 4.69) is 0 Å². The monoisotopic (exact) mass is 228 g/mol. The summed E-state index contributed by atoms with van der Waals surface area (Å²) in [5, 5.41) is 8.78. The lowest BCUT2D eigenvalue weighted by atomic mass is 10.3. The molecular weight excluding hydrogens is 220 g/mol. The molecule has 0 fully saturated rings. The van der Waals surface area contributed by atoms with E-state index in [-0.39, 0.29) is 16.1 Å². The number of thiophene rings is 1. The van der Waals surface area contributed by atoms with Gasteiger partial charge in [0.15, 0.2) is 6.29 Å². The molecule has 1 unspecified atom stereocenters. The lowest BCUT2D eigenvalue weighted by Gasteiger charge is -1.93. The van der Waals surface area contributed by atoms with E-state index in [9.17, 15) is 9.00 Å². The molecule has 0 aliphatic rings. The Balaban J connectivity index is 3.38. The minimum atomic E-state index is -1.24. The van der Waals surface area contributed by atoms with Gasteiger partial charge in [0.1, 0.15) is 15.8 Å². The Morgan fingerprint density at radius 1 is 1.71 bits per heavy atom. The number of nitrogens with two attached hydrogens (primary N) is 1. The Hall–Kier alpha value is -1.19. The number of nitrogen functional groups attached to an aromatic ring is 1. The first kappa shape index (κ1) is 10.9. The van der Waals surface area contributed by atoms with Gasteiger partial charge in [0.2, 0.25) is 0 Å². The van der Waals surface area contributed by atoms with Crippen LogP contribution in [0.1, 0.15) is 22.2 Å². The van der Waals surface area contributed by atoms with Gasteiger partial charge in [-0.25, -0.2) is 0 Å². The number of hydrogen-bond acceptors (Lipinski definition) is 5. The van der Waals surface area contributed by atoms with Crippen molar-refractivity contribution in [3.63, 3.8) is 0 Å². The predicted octanol–water partition coefficient (Wildman–Crippen LogP) is 1.14. The Kier molecular flexibility index (Phi) is 3.38. The molecule has 2 N–H and O–H groups in total. The maximum absolute atomic E-state index is 11.5. The van der Waals surface area contributed by atoms with E-state index >= 15 is 0 Å². The second kappa shape index (κ2) is 4.35. The molecule has 6 heteroatoms. The van der Waals surface area contributed by atoms with Gasteiger partial charge in [-0.15, -0.1) is 11.3 Å². The normalized spacial score (nSPS) is 12.0. The smallest absolute Gasteiger partial charge is 0.162 e. The Bertz CT molecular complexity index is 431. The number of aldehydes is 1. The SMILES string of the molecule is CCS(=O)c1sc(C=O)c(N)c1C#N. The van der Waals surface area contributed by atoms with Crippen LogP contribution in [0.4, 0.5) is 5.69 Å². The minimum absolute atomic E-state index is 0.143. The standard InChI is InChI=1S/C8H8N2O2S2/c1-2-14(12)8-5(3-9)7(10)6(4-11)13-8/h4H,2,10H2,1H3. The quantitative estimate of drug-likeness (QED) is 0.786. The van der Waals surface area contributed by atoms with Crippen molar-refractivity contribution >= 4 is 34.1 Å². The molecule has 74 valence electrons. The van der Waals surface area contributed by atoms with Crippen molar-refractivity contribution in [3.8, 4) is 6.07 Å². The first-order valence-electron chi connectivity index (χ1n) is 3.81. The highest BCUT2D eigenvalue weighted by Crippen LogP contribution is 2.31. The van der Waals surface area contributed by atoms with Crippen LogP contribution < -0.4 is 5.73 Å². The van der Waals surface area contributed by atoms with Crippen molar-refractivity contribution in [2.24, 2.45) is 0 Å². The van der Waals surface area contributed by atoms with Crippen LogP contribution in [0, 0.1) is 11.3 Å². The summed E-state index contributed by atoms with van der Waals surface area (Å²) >= 11 is 1.03. The molecular formula is C8H8N2O2S2. The third kappa shape index (κ3) is 1.69. The summed E-state index contributed by atoms with van der Waals surface area (Å²) in [4.78, 5) is 10.8.